The molecule has 4 heteroatoms. The van der Waals surface area contributed by atoms with Gasteiger partial charge in [0.15, 0.2) is 0 Å². The quantitative estimate of drug-likeness (QED) is 0.862. The molecule has 1 aliphatic heterocycles. The number of hydrogen-bond donors (Lipinski definition) is 1. The summed E-state index contributed by atoms with van der Waals surface area (Å²) < 4.78 is 0. The van der Waals surface area contributed by atoms with E-state index in [2.05, 4.69) is 36.2 Å². The maximum absolute atomic E-state index is 11.7. The third-order valence-corrected chi connectivity index (χ3v) is 3.69. The predicted molar refractivity (Wildman–Crippen MR) is 76.6 cm³/mol. The second-order valence-electron chi connectivity index (χ2n) is 5.27. The fraction of sp³-hybridized carbons (Fsp3) is 0.533. The Balaban J connectivity index is 1.88. The molecule has 1 fully saturated rings. The number of rotatable bonds is 5. The van der Waals surface area contributed by atoms with Crippen LogP contribution in [0.3, 0.4) is 0 Å². The molecule has 4 nitrogen and oxygen atoms in total. The van der Waals surface area contributed by atoms with Crippen LogP contribution in [-0.4, -0.2) is 48.4 Å². The highest BCUT2D eigenvalue weighted by Gasteiger charge is 2.28. The van der Waals surface area contributed by atoms with Crippen LogP contribution in [0.25, 0.3) is 0 Å². The Kier molecular flexibility index (Phi) is 4.93. The molecular formula is C15H23N3O. The van der Waals surface area contributed by atoms with Crippen LogP contribution in [-0.2, 0) is 11.3 Å². The van der Waals surface area contributed by atoms with E-state index in [1.807, 2.05) is 11.0 Å². The Morgan fingerprint density at radius 1 is 1.42 bits per heavy atom. The molecule has 0 aliphatic carbocycles. The number of hydrogen-bond acceptors (Lipinski definition) is 3. The molecule has 1 aromatic carbocycles. The van der Waals surface area contributed by atoms with Gasteiger partial charge in [-0.05, 0) is 25.5 Å². The standard InChI is InChI=1S/C15H23N3O/c1-17(11-13-6-3-2-4-7-13)12-14-8-5-9-18(14)15(19)10-16/h2-4,6-7,14H,5,8-12,16H2,1H3/t14-/m0/s1. The normalized spacial score (nSPS) is 19.1. The average molecular weight is 261 g/mol. The lowest BCUT2D eigenvalue weighted by Gasteiger charge is -2.28. The summed E-state index contributed by atoms with van der Waals surface area (Å²) in [5.74, 6) is 0.0793. The lowest BCUT2D eigenvalue weighted by atomic mass is 10.1. The molecule has 0 radical (unpaired) electrons. The zero-order valence-corrected chi connectivity index (χ0v) is 11.6. The molecule has 0 spiro atoms. The largest absolute Gasteiger partial charge is 0.337 e. The smallest absolute Gasteiger partial charge is 0.236 e. The van der Waals surface area contributed by atoms with Gasteiger partial charge in [0.25, 0.3) is 0 Å². The van der Waals surface area contributed by atoms with Gasteiger partial charge in [0.1, 0.15) is 0 Å². The summed E-state index contributed by atoms with van der Waals surface area (Å²) in [6.45, 7) is 2.82. The van der Waals surface area contributed by atoms with Crippen molar-refractivity contribution in [3.05, 3.63) is 35.9 Å². The van der Waals surface area contributed by atoms with Gasteiger partial charge in [0, 0.05) is 25.7 Å². The third-order valence-electron chi connectivity index (χ3n) is 3.69. The monoisotopic (exact) mass is 261 g/mol. The molecule has 1 heterocycles. The summed E-state index contributed by atoms with van der Waals surface area (Å²) in [4.78, 5) is 16.0. The van der Waals surface area contributed by atoms with Crippen molar-refractivity contribution in [2.24, 2.45) is 5.73 Å². The summed E-state index contributed by atoms with van der Waals surface area (Å²) in [6.07, 6.45) is 2.18. The number of benzene rings is 1. The van der Waals surface area contributed by atoms with Gasteiger partial charge in [-0.25, -0.2) is 0 Å². The number of carbonyl (C=O) groups excluding carboxylic acids is 1. The van der Waals surface area contributed by atoms with Crippen molar-refractivity contribution in [3.63, 3.8) is 0 Å². The molecule has 19 heavy (non-hydrogen) atoms. The van der Waals surface area contributed by atoms with Gasteiger partial charge in [-0.3, -0.25) is 4.79 Å². The van der Waals surface area contributed by atoms with Crippen LogP contribution < -0.4 is 5.73 Å². The highest BCUT2D eigenvalue weighted by Crippen LogP contribution is 2.18. The SMILES string of the molecule is CN(Cc1ccccc1)C[C@@H]1CCCN1C(=O)CN. The maximum atomic E-state index is 11.7. The highest BCUT2D eigenvalue weighted by atomic mass is 16.2. The summed E-state index contributed by atoms with van der Waals surface area (Å²) in [6, 6.07) is 10.7. The molecule has 104 valence electrons. The van der Waals surface area contributed by atoms with Gasteiger partial charge < -0.3 is 15.5 Å². The minimum atomic E-state index is 0.0793. The van der Waals surface area contributed by atoms with Crippen molar-refractivity contribution in [3.8, 4) is 0 Å². The first kappa shape index (κ1) is 14.0. The molecule has 0 aromatic heterocycles. The lowest BCUT2D eigenvalue weighted by Crippen LogP contribution is -2.44. The third kappa shape index (κ3) is 3.78. The molecule has 2 N–H and O–H groups in total. The first-order valence-electron chi connectivity index (χ1n) is 6.92. The first-order valence-corrected chi connectivity index (χ1v) is 6.92. The Hall–Kier alpha value is -1.39. The van der Waals surface area contributed by atoms with Crippen LogP contribution in [0.2, 0.25) is 0 Å². The molecule has 0 unspecified atom stereocenters. The number of nitrogens with zero attached hydrogens (tertiary/aromatic N) is 2. The Morgan fingerprint density at radius 3 is 2.84 bits per heavy atom. The molecule has 1 amide bonds. The predicted octanol–water partition coefficient (Wildman–Crippen LogP) is 1.07. The lowest BCUT2D eigenvalue weighted by molar-refractivity contribution is -0.130. The molecule has 1 saturated heterocycles. The summed E-state index contributed by atoms with van der Waals surface area (Å²) in [5.41, 5.74) is 6.77. The van der Waals surface area contributed by atoms with Crippen LogP contribution in [0.15, 0.2) is 30.3 Å². The van der Waals surface area contributed by atoms with Gasteiger partial charge in [0.05, 0.1) is 6.54 Å². The van der Waals surface area contributed by atoms with E-state index < -0.39 is 0 Å². The van der Waals surface area contributed by atoms with Crippen molar-refractivity contribution < 1.29 is 4.79 Å². The van der Waals surface area contributed by atoms with Gasteiger partial charge in [0.2, 0.25) is 5.91 Å². The number of likely N-dealkylation sites (tertiary alicyclic amines) is 1. The minimum absolute atomic E-state index is 0.0793. The number of nitrogens with two attached hydrogens (primary N) is 1. The molecular weight excluding hydrogens is 238 g/mol. The zero-order chi connectivity index (χ0) is 13.7. The molecule has 0 bridgehead atoms. The van der Waals surface area contributed by atoms with Gasteiger partial charge in [-0.1, -0.05) is 30.3 Å². The van der Waals surface area contributed by atoms with Crippen LogP contribution in [0, 0.1) is 0 Å². The minimum Gasteiger partial charge on any atom is -0.337 e. The van der Waals surface area contributed by atoms with Crippen molar-refractivity contribution in [2.45, 2.75) is 25.4 Å². The van der Waals surface area contributed by atoms with Crippen LogP contribution in [0.4, 0.5) is 0 Å². The van der Waals surface area contributed by atoms with E-state index >= 15 is 0 Å². The number of carbonyl (C=O) groups is 1. The molecule has 1 aliphatic rings. The molecule has 1 aromatic rings. The van der Waals surface area contributed by atoms with Crippen molar-refractivity contribution >= 4 is 5.91 Å². The van der Waals surface area contributed by atoms with Crippen LogP contribution in [0.1, 0.15) is 18.4 Å². The second kappa shape index (κ2) is 6.68. The fourth-order valence-electron chi connectivity index (χ4n) is 2.79. The zero-order valence-electron chi connectivity index (χ0n) is 11.6. The van der Waals surface area contributed by atoms with E-state index in [1.165, 1.54) is 5.56 Å². The van der Waals surface area contributed by atoms with Crippen LogP contribution in [0.5, 0.6) is 0 Å². The van der Waals surface area contributed by atoms with E-state index in [0.29, 0.717) is 6.04 Å². The summed E-state index contributed by atoms with van der Waals surface area (Å²) >= 11 is 0. The maximum Gasteiger partial charge on any atom is 0.236 e. The van der Waals surface area contributed by atoms with E-state index in [9.17, 15) is 4.79 Å². The van der Waals surface area contributed by atoms with Gasteiger partial charge >= 0.3 is 0 Å². The van der Waals surface area contributed by atoms with E-state index in [0.717, 1.165) is 32.5 Å². The fourth-order valence-corrected chi connectivity index (χ4v) is 2.79. The average Bonchev–Trinajstić information content (AvgIpc) is 2.87. The van der Waals surface area contributed by atoms with E-state index in [1.54, 1.807) is 0 Å². The van der Waals surface area contributed by atoms with Crippen LogP contribution >= 0.6 is 0 Å². The second-order valence-corrected chi connectivity index (χ2v) is 5.27. The van der Waals surface area contributed by atoms with Crippen molar-refractivity contribution in [1.29, 1.82) is 0 Å². The summed E-state index contributed by atoms with van der Waals surface area (Å²) in [7, 11) is 2.11. The van der Waals surface area contributed by atoms with Crippen molar-refractivity contribution in [1.82, 2.24) is 9.80 Å². The number of likely N-dealkylation sites (N-methyl/N-ethyl adjacent to an activating group) is 1. The van der Waals surface area contributed by atoms with Gasteiger partial charge in [-0.15, -0.1) is 0 Å². The van der Waals surface area contributed by atoms with Crippen molar-refractivity contribution in [2.75, 3.05) is 26.7 Å². The molecule has 1 atom stereocenters. The van der Waals surface area contributed by atoms with E-state index in [-0.39, 0.29) is 12.5 Å². The summed E-state index contributed by atoms with van der Waals surface area (Å²) in [5, 5.41) is 0. The van der Waals surface area contributed by atoms with Gasteiger partial charge in [-0.2, -0.15) is 0 Å². The Bertz CT molecular complexity index is 407. The molecule has 2 rings (SSSR count). The van der Waals surface area contributed by atoms with E-state index in [4.69, 9.17) is 5.73 Å². The Labute approximate surface area is 115 Å². The topological polar surface area (TPSA) is 49.6 Å². The first-order chi connectivity index (χ1) is 9.20. The number of amides is 1. The highest BCUT2D eigenvalue weighted by molar-refractivity contribution is 5.78. The Morgan fingerprint density at radius 2 is 2.16 bits per heavy atom. The molecule has 0 saturated carbocycles.